The molecule has 1 spiro atoms. The van der Waals surface area contributed by atoms with Crippen LogP contribution in [0.4, 0.5) is 0 Å². The summed E-state index contributed by atoms with van der Waals surface area (Å²) in [5, 5.41) is 0. The second kappa shape index (κ2) is 4.11. The second-order valence-corrected chi connectivity index (χ2v) is 6.39. The zero-order valence-corrected chi connectivity index (χ0v) is 10.4. The third-order valence-corrected chi connectivity index (χ3v) is 3.94. The van der Waals surface area contributed by atoms with Gasteiger partial charge in [0.25, 0.3) is 0 Å². The average molecular weight is 213 g/mol. The van der Waals surface area contributed by atoms with Crippen molar-refractivity contribution < 1.29 is 6.85 Å². The minimum atomic E-state index is -1.79. The Morgan fingerprint density at radius 1 is 1.00 bits per heavy atom. The van der Waals surface area contributed by atoms with Crippen LogP contribution in [0.2, 0.25) is 0 Å². The van der Waals surface area contributed by atoms with E-state index in [0.717, 1.165) is 25.7 Å². The lowest BCUT2D eigenvalue weighted by Gasteiger charge is -2.46. The fourth-order valence-corrected chi connectivity index (χ4v) is 2.86. The Labute approximate surface area is 103 Å². The molecule has 0 bridgehead atoms. The highest BCUT2D eigenvalue weighted by molar-refractivity contribution is 4.90. The maximum absolute atomic E-state index is 8.73. The summed E-state index contributed by atoms with van der Waals surface area (Å²) in [4.78, 5) is 0. The van der Waals surface area contributed by atoms with Crippen molar-refractivity contribution >= 4 is 0 Å². The first-order chi connectivity index (χ1) is 8.87. The van der Waals surface area contributed by atoms with Crippen LogP contribution in [0.15, 0.2) is 0 Å². The van der Waals surface area contributed by atoms with Crippen molar-refractivity contribution in [3.05, 3.63) is 0 Å². The van der Waals surface area contributed by atoms with Crippen LogP contribution in [-0.4, -0.2) is 0 Å². The van der Waals surface area contributed by atoms with Gasteiger partial charge in [0, 0.05) is 6.85 Å². The Hall–Kier alpha value is 0. The van der Waals surface area contributed by atoms with Crippen LogP contribution in [0, 0.1) is 16.7 Å². The SMILES string of the molecule is [2H]C1([2H])CC2(CCCCC2)CC([2H])([2H])C1([2H])C(C)(C)C. The fraction of sp³-hybridized carbons (Fsp3) is 1.00. The van der Waals surface area contributed by atoms with Gasteiger partial charge in [-0.1, -0.05) is 40.0 Å². The Balaban J connectivity index is 2.45. The molecule has 0 aromatic carbocycles. The van der Waals surface area contributed by atoms with E-state index in [1.54, 1.807) is 20.8 Å². The lowest BCUT2D eigenvalue weighted by Crippen LogP contribution is -2.33. The van der Waals surface area contributed by atoms with Crippen molar-refractivity contribution in [3.8, 4) is 0 Å². The Morgan fingerprint density at radius 3 is 2.00 bits per heavy atom. The predicted molar refractivity (Wildman–Crippen MR) is 66.9 cm³/mol. The maximum atomic E-state index is 8.73. The van der Waals surface area contributed by atoms with Gasteiger partial charge in [0.1, 0.15) is 0 Å². The molecule has 2 aliphatic rings. The normalized spacial score (nSPS) is 41.9. The van der Waals surface area contributed by atoms with Crippen molar-refractivity contribution in [2.75, 3.05) is 0 Å². The van der Waals surface area contributed by atoms with Crippen LogP contribution in [0.1, 0.15) is 85.3 Å². The monoisotopic (exact) mass is 213 g/mol. The first kappa shape index (κ1) is 6.67. The molecular weight excluding hydrogens is 180 g/mol. The Kier molecular flexibility index (Phi) is 1.83. The largest absolute Gasteiger partial charge is 0.0599 e. The summed E-state index contributed by atoms with van der Waals surface area (Å²) in [5.74, 6) is -1.70. The van der Waals surface area contributed by atoms with Crippen molar-refractivity contribution in [1.82, 2.24) is 0 Å². The third-order valence-electron chi connectivity index (χ3n) is 3.94. The zero-order valence-electron chi connectivity index (χ0n) is 15.4. The van der Waals surface area contributed by atoms with E-state index in [9.17, 15) is 0 Å². The third kappa shape index (κ3) is 2.57. The minimum Gasteiger partial charge on any atom is -0.0599 e. The quantitative estimate of drug-likeness (QED) is 0.520. The van der Waals surface area contributed by atoms with Gasteiger partial charge in [0.15, 0.2) is 0 Å². The summed E-state index contributed by atoms with van der Waals surface area (Å²) in [7, 11) is 0. The van der Waals surface area contributed by atoms with Crippen molar-refractivity contribution in [2.24, 2.45) is 16.7 Å². The molecule has 2 saturated carbocycles. The topological polar surface area (TPSA) is 0 Å². The first-order valence-electron chi connectivity index (χ1n) is 8.87. The molecule has 0 radical (unpaired) electrons. The molecule has 0 heterocycles. The van der Waals surface area contributed by atoms with E-state index in [1.165, 1.54) is 6.42 Å². The molecule has 0 aliphatic heterocycles. The molecule has 0 amide bonds. The van der Waals surface area contributed by atoms with E-state index in [0.29, 0.717) is 12.8 Å². The molecule has 88 valence electrons. The van der Waals surface area contributed by atoms with E-state index in [-0.39, 0.29) is 5.41 Å². The van der Waals surface area contributed by atoms with Gasteiger partial charge in [-0.05, 0) is 55.2 Å². The highest BCUT2D eigenvalue weighted by atomic mass is 14.4. The first-order valence-corrected chi connectivity index (χ1v) is 6.37. The van der Waals surface area contributed by atoms with E-state index in [2.05, 4.69) is 0 Å². The molecule has 0 atom stereocenters. The zero-order chi connectivity index (χ0) is 15.4. The van der Waals surface area contributed by atoms with Gasteiger partial charge in [-0.2, -0.15) is 0 Å². The van der Waals surface area contributed by atoms with Gasteiger partial charge in [-0.25, -0.2) is 0 Å². The van der Waals surface area contributed by atoms with Gasteiger partial charge < -0.3 is 0 Å². The summed E-state index contributed by atoms with van der Waals surface area (Å²) in [6.45, 7) is 5.40. The van der Waals surface area contributed by atoms with Crippen LogP contribution >= 0.6 is 0 Å². The van der Waals surface area contributed by atoms with Crippen molar-refractivity contribution in [3.63, 3.8) is 0 Å². The summed E-state index contributed by atoms with van der Waals surface area (Å²) in [6, 6.07) is 0. The molecule has 0 aromatic rings. The average Bonchev–Trinajstić information content (AvgIpc) is 2.23. The van der Waals surface area contributed by atoms with E-state index >= 15 is 0 Å². The predicted octanol–water partition coefficient (Wildman–Crippen LogP) is 5.17. The molecular formula is C15H28. The molecule has 0 heteroatoms. The van der Waals surface area contributed by atoms with Crippen LogP contribution in [-0.2, 0) is 0 Å². The van der Waals surface area contributed by atoms with Crippen LogP contribution in [0.25, 0.3) is 0 Å². The number of hydrogen-bond acceptors (Lipinski definition) is 0. The van der Waals surface area contributed by atoms with E-state index in [1.807, 2.05) is 0 Å². The number of rotatable bonds is 0. The standard InChI is InChI=1S/C15H28/c1-14(2,3)13-7-11-15(12-8-13)9-5-4-6-10-15/h13H,4-12H2,1-3H3/i7D2,8D2,13D. The fourth-order valence-electron chi connectivity index (χ4n) is 2.86. The molecule has 2 fully saturated rings. The van der Waals surface area contributed by atoms with E-state index in [4.69, 9.17) is 6.85 Å². The van der Waals surface area contributed by atoms with E-state index < -0.39 is 24.1 Å². The molecule has 2 rings (SSSR count). The van der Waals surface area contributed by atoms with Crippen molar-refractivity contribution in [1.29, 1.82) is 0 Å². The number of hydrogen-bond donors (Lipinski definition) is 0. The van der Waals surface area contributed by atoms with Gasteiger partial charge >= 0.3 is 0 Å². The smallest absolute Gasteiger partial charge is 0.0308 e. The molecule has 0 saturated heterocycles. The Bertz CT molecular complexity index is 354. The molecule has 0 nitrogen and oxygen atoms in total. The van der Waals surface area contributed by atoms with Gasteiger partial charge in [-0.15, -0.1) is 0 Å². The van der Waals surface area contributed by atoms with Crippen LogP contribution < -0.4 is 0 Å². The highest BCUT2D eigenvalue weighted by Crippen LogP contribution is 2.51. The molecule has 0 unspecified atom stereocenters. The van der Waals surface area contributed by atoms with Gasteiger partial charge in [0.05, 0.1) is 0 Å². The van der Waals surface area contributed by atoms with Gasteiger partial charge in [-0.3, -0.25) is 0 Å². The highest BCUT2D eigenvalue weighted by Gasteiger charge is 2.38. The van der Waals surface area contributed by atoms with Crippen LogP contribution in [0.5, 0.6) is 0 Å². The lowest BCUT2D eigenvalue weighted by atomic mass is 9.60. The summed E-state index contributed by atoms with van der Waals surface area (Å²) in [6.07, 6.45) is 2.30. The molecule has 2 aliphatic carbocycles. The van der Waals surface area contributed by atoms with Gasteiger partial charge in [0.2, 0.25) is 0 Å². The minimum absolute atomic E-state index is 0.221. The lowest BCUT2D eigenvalue weighted by molar-refractivity contribution is 0.0575. The summed E-state index contributed by atoms with van der Waals surface area (Å²) in [5.41, 5.74) is -0.947. The maximum Gasteiger partial charge on any atom is 0.0308 e. The second-order valence-electron chi connectivity index (χ2n) is 6.39. The van der Waals surface area contributed by atoms with Crippen LogP contribution in [0.3, 0.4) is 0 Å². The summed E-state index contributed by atoms with van der Waals surface area (Å²) < 4.78 is 42.7. The van der Waals surface area contributed by atoms with Crippen molar-refractivity contribution in [2.45, 2.75) is 78.5 Å². The summed E-state index contributed by atoms with van der Waals surface area (Å²) >= 11 is 0. The molecule has 0 N–H and O–H groups in total. The Morgan fingerprint density at radius 2 is 1.53 bits per heavy atom. The molecule has 15 heavy (non-hydrogen) atoms. The molecule has 0 aromatic heterocycles.